The summed E-state index contributed by atoms with van der Waals surface area (Å²) in [6.07, 6.45) is 6.32. The highest BCUT2D eigenvalue weighted by Gasteiger charge is 2.10. The molecule has 0 aliphatic carbocycles. The van der Waals surface area contributed by atoms with Crippen LogP contribution < -0.4 is 14.8 Å². The molecule has 0 spiro atoms. The summed E-state index contributed by atoms with van der Waals surface area (Å²) in [7, 11) is 3.24. The Morgan fingerprint density at radius 1 is 1.33 bits per heavy atom. The van der Waals surface area contributed by atoms with E-state index in [4.69, 9.17) is 15.9 Å². The van der Waals surface area contributed by atoms with Crippen LogP contribution in [-0.2, 0) is 6.54 Å². The van der Waals surface area contributed by atoms with Crippen LogP contribution in [0.5, 0.6) is 11.5 Å². The van der Waals surface area contributed by atoms with E-state index in [0.717, 1.165) is 16.5 Å². The van der Waals surface area contributed by atoms with Crippen molar-refractivity contribution in [1.82, 2.24) is 5.32 Å². The third-order valence-corrected chi connectivity index (χ3v) is 3.44. The summed E-state index contributed by atoms with van der Waals surface area (Å²) in [5.74, 6) is 4.13. The van der Waals surface area contributed by atoms with Crippen LogP contribution in [0.2, 0.25) is 0 Å². The van der Waals surface area contributed by atoms with Gasteiger partial charge in [0.05, 0.1) is 20.3 Å². The Morgan fingerprint density at radius 2 is 1.94 bits per heavy atom. The lowest BCUT2D eigenvalue weighted by molar-refractivity contribution is 0.354. The first-order valence-electron chi connectivity index (χ1n) is 5.76. The summed E-state index contributed by atoms with van der Waals surface area (Å²) in [6, 6.07) is 3.93. The van der Waals surface area contributed by atoms with Crippen molar-refractivity contribution in [3.05, 3.63) is 22.2 Å². The van der Waals surface area contributed by atoms with Gasteiger partial charge >= 0.3 is 0 Å². The van der Waals surface area contributed by atoms with Crippen molar-refractivity contribution in [2.24, 2.45) is 0 Å². The van der Waals surface area contributed by atoms with E-state index in [9.17, 15) is 0 Å². The van der Waals surface area contributed by atoms with Gasteiger partial charge in [-0.05, 0) is 24.1 Å². The molecule has 0 heterocycles. The minimum absolute atomic E-state index is 0.0880. The molecule has 1 N–H and O–H groups in total. The number of hydrogen-bond acceptors (Lipinski definition) is 3. The molecule has 0 aliphatic rings. The van der Waals surface area contributed by atoms with Gasteiger partial charge in [-0.3, -0.25) is 5.32 Å². The van der Waals surface area contributed by atoms with Gasteiger partial charge in [0.15, 0.2) is 11.5 Å². The van der Waals surface area contributed by atoms with Crippen LogP contribution in [0.3, 0.4) is 0 Å². The Hall–Kier alpha value is -1.18. The predicted octanol–water partition coefficient (Wildman–Crippen LogP) is 2.97. The van der Waals surface area contributed by atoms with Crippen molar-refractivity contribution < 1.29 is 9.47 Å². The van der Waals surface area contributed by atoms with Crippen molar-refractivity contribution in [2.75, 3.05) is 14.2 Å². The molecule has 1 rings (SSSR count). The highest BCUT2D eigenvalue weighted by molar-refractivity contribution is 9.10. The lowest BCUT2D eigenvalue weighted by Gasteiger charge is -2.14. The second kappa shape index (κ2) is 7.30. The number of benzene rings is 1. The molecule has 0 fully saturated rings. The molecule has 3 nitrogen and oxygen atoms in total. The number of nitrogens with one attached hydrogen (secondary N) is 1. The monoisotopic (exact) mass is 311 g/mol. The third kappa shape index (κ3) is 3.66. The Kier molecular flexibility index (Phi) is 6.03. The van der Waals surface area contributed by atoms with Crippen LogP contribution in [0.1, 0.15) is 18.9 Å². The van der Waals surface area contributed by atoms with Crippen molar-refractivity contribution >= 4 is 15.9 Å². The van der Waals surface area contributed by atoms with Gasteiger partial charge in [0.25, 0.3) is 0 Å². The summed E-state index contributed by atoms with van der Waals surface area (Å²) >= 11 is 3.52. The normalized spacial score (nSPS) is 11.7. The van der Waals surface area contributed by atoms with E-state index >= 15 is 0 Å². The first-order chi connectivity index (χ1) is 8.65. The van der Waals surface area contributed by atoms with Gasteiger partial charge in [0.2, 0.25) is 0 Å². The predicted molar refractivity (Wildman–Crippen MR) is 77.0 cm³/mol. The van der Waals surface area contributed by atoms with E-state index in [-0.39, 0.29) is 6.04 Å². The average molecular weight is 312 g/mol. The molecule has 98 valence electrons. The number of hydrogen-bond donors (Lipinski definition) is 1. The highest BCUT2D eigenvalue weighted by Crippen LogP contribution is 2.33. The van der Waals surface area contributed by atoms with Crippen LogP contribution in [0.4, 0.5) is 0 Å². The molecule has 0 bridgehead atoms. The Labute approximate surface area is 117 Å². The van der Waals surface area contributed by atoms with Crippen LogP contribution in [-0.4, -0.2) is 20.3 Å². The number of rotatable bonds is 6. The van der Waals surface area contributed by atoms with Gasteiger partial charge in [-0.2, -0.15) is 0 Å². The summed E-state index contributed by atoms with van der Waals surface area (Å²) in [4.78, 5) is 0. The molecule has 0 aromatic heterocycles. The second-order valence-corrected chi connectivity index (χ2v) is 4.66. The topological polar surface area (TPSA) is 30.5 Å². The average Bonchev–Trinajstić information content (AvgIpc) is 2.40. The first-order valence-corrected chi connectivity index (χ1v) is 6.55. The van der Waals surface area contributed by atoms with E-state index < -0.39 is 0 Å². The van der Waals surface area contributed by atoms with Crippen LogP contribution in [0, 0.1) is 12.3 Å². The first kappa shape index (κ1) is 14.9. The van der Waals surface area contributed by atoms with Gasteiger partial charge in [0, 0.05) is 11.0 Å². The number of terminal acetylenes is 1. The van der Waals surface area contributed by atoms with Gasteiger partial charge in [-0.15, -0.1) is 6.42 Å². The van der Waals surface area contributed by atoms with E-state index in [2.05, 4.69) is 34.1 Å². The third-order valence-electron chi connectivity index (χ3n) is 2.70. The van der Waals surface area contributed by atoms with Crippen molar-refractivity contribution in [3.8, 4) is 23.8 Å². The molecule has 1 aromatic carbocycles. The molecule has 0 radical (unpaired) electrons. The van der Waals surface area contributed by atoms with Crippen molar-refractivity contribution in [1.29, 1.82) is 0 Å². The fourth-order valence-corrected chi connectivity index (χ4v) is 2.05. The smallest absolute Gasteiger partial charge is 0.161 e. The summed E-state index contributed by atoms with van der Waals surface area (Å²) in [5, 5.41) is 3.30. The molecule has 0 amide bonds. The maximum atomic E-state index is 5.42. The van der Waals surface area contributed by atoms with Crippen molar-refractivity contribution in [3.63, 3.8) is 0 Å². The Morgan fingerprint density at radius 3 is 2.44 bits per heavy atom. The van der Waals surface area contributed by atoms with E-state index in [1.165, 1.54) is 0 Å². The molecule has 1 aromatic rings. The standard InChI is InChI=1S/C14H18BrNO2/c1-5-11(6-2)16-9-10-7-13(17-3)14(18-4)8-12(10)15/h1,7-8,11,16H,6,9H2,2-4H3. The lowest BCUT2D eigenvalue weighted by Crippen LogP contribution is -2.26. The largest absolute Gasteiger partial charge is 0.493 e. The van der Waals surface area contributed by atoms with E-state index in [0.29, 0.717) is 18.0 Å². The molecule has 1 unspecified atom stereocenters. The summed E-state index contributed by atoms with van der Waals surface area (Å²) < 4.78 is 11.5. The van der Waals surface area contributed by atoms with Gasteiger partial charge in [-0.1, -0.05) is 28.8 Å². The van der Waals surface area contributed by atoms with Crippen LogP contribution in [0.15, 0.2) is 16.6 Å². The van der Waals surface area contributed by atoms with Crippen LogP contribution >= 0.6 is 15.9 Å². The Balaban J connectivity index is 2.86. The van der Waals surface area contributed by atoms with Gasteiger partial charge in [-0.25, -0.2) is 0 Å². The maximum absolute atomic E-state index is 5.42. The molecule has 0 saturated carbocycles. The summed E-state index contributed by atoms with van der Waals surface area (Å²) in [6.45, 7) is 2.74. The zero-order valence-electron chi connectivity index (χ0n) is 10.9. The molecular weight excluding hydrogens is 294 g/mol. The van der Waals surface area contributed by atoms with E-state index in [1.54, 1.807) is 14.2 Å². The SMILES string of the molecule is C#CC(CC)NCc1cc(OC)c(OC)cc1Br. The minimum atomic E-state index is 0.0880. The lowest BCUT2D eigenvalue weighted by atomic mass is 10.1. The van der Waals surface area contributed by atoms with Crippen molar-refractivity contribution in [2.45, 2.75) is 25.9 Å². The fraction of sp³-hybridized carbons (Fsp3) is 0.429. The maximum Gasteiger partial charge on any atom is 0.161 e. The zero-order chi connectivity index (χ0) is 13.5. The molecule has 1 atom stereocenters. The summed E-state index contributed by atoms with van der Waals surface area (Å²) in [5.41, 5.74) is 1.08. The number of ether oxygens (including phenoxy) is 2. The van der Waals surface area contributed by atoms with Crippen LogP contribution in [0.25, 0.3) is 0 Å². The Bertz CT molecular complexity index is 440. The quantitative estimate of drug-likeness (QED) is 0.819. The number of methoxy groups -OCH3 is 2. The molecule has 0 saturated heterocycles. The minimum Gasteiger partial charge on any atom is -0.493 e. The highest BCUT2D eigenvalue weighted by atomic mass is 79.9. The molecular formula is C14H18BrNO2. The van der Waals surface area contributed by atoms with E-state index in [1.807, 2.05) is 12.1 Å². The van der Waals surface area contributed by atoms with Gasteiger partial charge < -0.3 is 9.47 Å². The molecule has 18 heavy (non-hydrogen) atoms. The van der Waals surface area contributed by atoms with Gasteiger partial charge in [0.1, 0.15) is 0 Å². The second-order valence-electron chi connectivity index (χ2n) is 3.81. The molecule has 4 heteroatoms. The molecule has 0 aliphatic heterocycles. The fourth-order valence-electron chi connectivity index (χ4n) is 1.59. The number of halogens is 1. The zero-order valence-corrected chi connectivity index (χ0v) is 12.5.